The van der Waals surface area contributed by atoms with E-state index >= 15 is 0 Å². The second kappa shape index (κ2) is 7.47. The molecule has 0 saturated heterocycles. The highest BCUT2D eigenvalue weighted by molar-refractivity contribution is 6.11. The van der Waals surface area contributed by atoms with Gasteiger partial charge in [0.05, 0.1) is 5.69 Å². The van der Waals surface area contributed by atoms with Gasteiger partial charge in [-0.2, -0.15) is 5.26 Å². The van der Waals surface area contributed by atoms with Crippen molar-refractivity contribution in [1.29, 1.82) is 5.26 Å². The molecule has 0 aliphatic heterocycles. The minimum absolute atomic E-state index is 0.102. The van der Waals surface area contributed by atoms with Gasteiger partial charge in [0.2, 0.25) is 0 Å². The molecule has 0 unspecified atom stereocenters. The van der Waals surface area contributed by atoms with Crippen LogP contribution < -0.4 is 10.6 Å². The van der Waals surface area contributed by atoms with Gasteiger partial charge in [-0.25, -0.2) is 0 Å². The number of hydrogen-bond donors (Lipinski definition) is 4. The average molecular weight is 323 g/mol. The highest BCUT2D eigenvalue weighted by Gasteiger charge is 2.14. The molecule has 0 fully saturated rings. The lowest BCUT2D eigenvalue weighted by Gasteiger charge is -2.06. The molecule has 0 aliphatic carbocycles. The minimum atomic E-state index is -0.890. The topological polar surface area (TPSA) is 122 Å². The fraction of sp³-hybridized carbons (Fsp3) is 0. The van der Waals surface area contributed by atoms with Crippen molar-refractivity contribution in [3.8, 4) is 17.6 Å². The van der Waals surface area contributed by atoms with E-state index in [-0.39, 0.29) is 28.3 Å². The molecule has 4 N–H and O–H groups in total. The molecule has 0 atom stereocenters. The number of imide groups is 1. The molecule has 0 spiro atoms. The Morgan fingerprint density at radius 1 is 1.08 bits per heavy atom. The summed E-state index contributed by atoms with van der Waals surface area (Å²) in [5.41, 5.74) is 0.00804. The number of carbonyl (C=O) groups is 2. The zero-order valence-electron chi connectivity index (χ0n) is 12.4. The second-order valence-corrected chi connectivity index (χ2v) is 4.66. The van der Waals surface area contributed by atoms with E-state index in [0.717, 1.165) is 6.20 Å². The Kier molecular flexibility index (Phi) is 5.16. The summed E-state index contributed by atoms with van der Waals surface area (Å²) in [6, 6.07) is 13.5. The summed E-state index contributed by atoms with van der Waals surface area (Å²) in [6.45, 7) is 0. The maximum absolute atomic E-state index is 12.0. The Morgan fingerprint density at radius 2 is 1.79 bits per heavy atom. The van der Waals surface area contributed by atoms with Gasteiger partial charge in [0, 0.05) is 17.8 Å². The first-order valence-electron chi connectivity index (χ1n) is 6.81. The van der Waals surface area contributed by atoms with Gasteiger partial charge in [0.1, 0.15) is 23.1 Å². The predicted molar refractivity (Wildman–Crippen MR) is 86.0 cm³/mol. The molecule has 0 bridgehead atoms. The zero-order valence-corrected chi connectivity index (χ0v) is 12.4. The quantitative estimate of drug-likeness (QED) is 0.295. The van der Waals surface area contributed by atoms with Crippen molar-refractivity contribution in [1.82, 2.24) is 5.32 Å². The van der Waals surface area contributed by atoms with Crippen LogP contribution in [0, 0.1) is 11.3 Å². The fourth-order valence-corrected chi connectivity index (χ4v) is 1.77. The van der Waals surface area contributed by atoms with Gasteiger partial charge < -0.3 is 15.5 Å². The van der Waals surface area contributed by atoms with E-state index in [1.807, 2.05) is 0 Å². The van der Waals surface area contributed by atoms with Gasteiger partial charge in [-0.3, -0.25) is 14.9 Å². The van der Waals surface area contributed by atoms with Crippen LogP contribution in [0.15, 0.2) is 60.3 Å². The van der Waals surface area contributed by atoms with E-state index < -0.39 is 11.8 Å². The summed E-state index contributed by atoms with van der Waals surface area (Å²) in [6.07, 6.45) is 1.03. The smallest absolute Gasteiger partial charge is 0.270 e. The molecule has 0 aliphatic rings. The number of aromatic hydroxyl groups is 2. The van der Waals surface area contributed by atoms with Crippen LogP contribution in [0.4, 0.5) is 5.69 Å². The average Bonchev–Trinajstić information content (AvgIpc) is 2.59. The van der Waals surface area contributed by atoms with E-state index in [0.29, 0.717) is 0 Å². The molecule has 120 valence electrons. The number of phenols is 2. The van der Waals surface area contributed by atoms with E-state index in [4.69, 9.17) is 5.26 Å². The van der Waals surface area contributed by atoms with E-state index in [2.05, 4.69) is 10.6 Å². The highest BCUT2D eigenvalue weighted by atomic mass is 16.3. The summed E-state index contributed by atoms with van der Waals surface area (Å²) in [4.78, 5) is 23.8. The first-order chi connectivity index (χ1) is 11.5. The molecule has 2 rings (SSSR count). The number of rotatable bonds is 4. The Labute approximate surface area is 137 Å². The molecule has 0 aromatic heterocycles. The van der Waals surface area contributed by atoms with E-state index in [1.54, 1.807) is 24.3 Å². The summed E-state index contributed by atoms with van der Waals surface area (Å²) >= 11 is 0. The van der Waals surface area contributed by atoms with Crippen LogP contribution in [0.25, 0.3) is 0 Å². The lowest BCUT2D eigenvalue weighted by atomic mass is 10.2. The molecule has 7 heteroatoms. The highest BCUT2D eigenvalue weighted by Crippen LogP contribution is 2.27. The number of phenolic OH excluding ortho intramolecular Hbond substituents is 2. The molecular formula is C17H13N3O4. The normalized spacial score (nSPS) is 10.5. The van der Waals surface area contributed by atoms with Crippen molar-refractivity contribution in [2.24, 2.45) is 0 Å². The number of benzene rings is 2. The molecule has 24 heavy (non-hydrogen) atoms. The molecule has 0 heterocycles. The van der Waals surface area contributed by atoms with Gasteiger partial charge in [-0.1, -0.05) is 18.2 Å². The Bertz CT molecular complexity index is 839. The fourth-order valence-electron chi connectivity index (χ4n) is 1.77. The monoisotopic (exact) mass is 323 g/mol. The minimum Gasteiger partial charge on any atom is -0.508 e. The van der Waals surface area contributed by atoms with Crippen LogP contribution in [0.1, 0.15) is 10.4 Å². The second-order valence-electron chi connectivity index (χ2n) is 4.66. The van der Waals surface area contributed by atoms with Crippen molar-refractivity contribution < 1.29 is 19.8 Å². The van der Waals surface area contributed by atoms with Crippen LogP contribution in [0.2, 0.25) is 0 Å². The van der Waals surface area contributed by atoms with Gasteiger partial charge in [0.15, 0.2) is 0 Å². The molecular weight excluding hydrogens is 310 g/mol. The summed E-state index contributed by atoms with van der Waals surface area (Å²) in [5.74, 6) is -1.81. The van der Waals surface area contributed by atoms with Gasteiger partial charge in [0.25, 0.3) is 11.8 Å². The lowest BCUT2D eigenvalue weighted by Crippen LogP contribution is -2.31. The Balaban J connectivity index is 2.10. The number of nitrogens with one attached hydrogen (secondary N) is 2. The third kappa shape index (κ3) is 4.11. The van der Waals surface area contributed by atoms with Crippen molar-refractivity contribution in [2.75, 3.05) is 5.32 Å². The van der Waals surface area contributed by atoms with Crippen LogP contribution in [-0.4, -0.2) is 22.0 Å². The maximum Gasteiger partial charge on any atom is 0.270 e. The van der Waals surface area contributed by atoms with Gasteiger partial charge >= 0.3 is 0 Å². The van der Waals surface area contributed by atoms with Crippen molar-refractivity contribution in [3.63, 3.8) is 0 Å². The first kappa shape index (κ1) is 16.6. The molecule has 2 aromatic carbocycles. The van der Waals surface area contributed by atoms with Crippen molar-refractivity contribution in [3.05, 3.63) is 65.9 Å². The lowest BCUT2D eigenvalue weighted by molar-refractivity contribution is -0.116. The van der Waals surface area contributed by atoms with Crippen molar-refractivity contribution in [2.45, 2.75) is 0 Å². The number of carbonyl (C=O) groups excluding carboxylic acids is 2. The number of anilines is 1. The Hall–Kier alpha value is -3.79. The third-order valence-electron chi connectivity index (χ3n) is 2.98. The summed E-state index contributed by atoms with van der Waals surface area (Å²) in [5, 5.41) is 32.6. The Morgan fingerprint density at radius 3 is 2.46 bits per heavy atom. The van der Waals surface area contributed by atoms with Crippen LogP contribution in [-0.2, 0) is 4.79 Å². The maximum atomic E-state index is 12.0. The summed E-state index contributed by atoms with van der Waals surface area (Å²) < 4.78 is 0. The molecule has 2 amide bonds. The first-order valence-corrected chi connectivity index (χ1v) is 6.81. The van der Waals surface area contributed by atoms with Crippen LogP contribution in [0.5, 0.6) is 11.5 Å². The van der Waals surface area contributed by atoms with Crippen molar-refractivity contribution >= 4 is 17.5 Å². The van der Waals surface area contributed by atoms with Gasteiger partial charge in [-0.15, -0.1) is 0 Å². The largest absolute Gasteiger partial charge is 0.508 e. The standard InChI is InChI=1S/C17H13N3O4/c18-9-12(10-19-14-8-13(21)6-7-15(14)22)17(24)20-16(23)11-4-2-1-3-5-11/h1-8,10,19,21-22H,(H,20,23,24)/b12-10-. The molecule has 0 saturated carbocycles. The SMILES string of the molecule is N#C/C(=C/Nc1cc(O)ccc1O)C(=O)NC(=O)c1ccccc1. The number of amides is 2. The van der Waals surface area contributed by atoms with Crippen LogP contribution >= 0.6 is 0 Å². The molecule has 7 nitrogen and oxygen atoms in total. The number of nitrogens with zero attached hydrogens (tertiary/aromatic N) is 1. The van der Waals surface area contributed by atoms with Crippen LogP contribution in [0.3, 0.4) is 0 Å². The predicted octanol–water partition coefficient (Wildman–Crippen LogP) is 1.87. The molecule has 0 radical (unpaired) electrons. The third-order valence-corrected chi connectivity index (χ3v) is 2.98. The molecule has 2 aromatic rings. The summed E-state index contributed by atoms with van der Waals surface area (Å²) in [7, 11) is 0. The van der Waals surface area contributed by atoms with Gasteiger partial charge in [-0.05, 0) is 24.3 Å². The van der Waals surface area contributed by atoms with E-state index in [1.165, 1.54) is 30.3 Å². The zero-order chi connectivity index (χ0) is 17.5. The number of hydrogen-bond acceptors (Lipinski definition) is 6. The number of nitriles is 1. The van der Waals surface area contributed by atoms with E-state index in [9.17, 15) is 19.8 Å².